The summed E-state index contributed by atoms with van der Waals surface area (Å²) in [6.45, 7) is 0.492. The number of nitrogens with zero attached hydrogens (tertiary/aromatic N) is 5. The standard InChI is InChI=1S/C19H17N7O2/c1-28-18-7-6-13(11-21-24-19(27)16-8-9-20-22-16)10-14(18)12-26-17-5-3-2-4-15(17)23-25-26/h2-11H,12H2,1H3,(H,20,22)(H,24,27)/b21-11+. The zero-order valence-electron chi connectivity index (χ0n) is 15.0. The molecule has 1 amide bonds. The molecule has 0 spiro atoms. The topological polar surface area (TPSA) is 110 Å². The van der Waals surface area contributed by atoms with E-state index in [9.17, 15) is 4.79 Å². The first-order valence-electron chi connectivity index (χ1n) is 8.52. The van der Waals surface area contributed by atoms with Gasteiger partial charge in [0.1, 0.15) is 17.0 Å². The lowest BCUT2D eigenvalue weighted by molar-refractivity contribution is 0.0950. The van der Waals surface area contributed by atoms with Crippen molar-refractivity contribution in [1.82, 2.24) is 30.6 Å². The van der Waals surface area contributed by atoms with Gasteiger partial charge in [-0.2, -0.15) is 10.2 Å². The Kier molecular flexibility index (Phi) is 4.79. The second-order valence-corrected chi connectivity index (χ2v) is 5.98. The van der Waals surface area contributed by atoms with Crippen molar-refractivity contribution in [3.05, 3.63) is 71.5 Å². The van der Waals surface area contributed by atoms with Crippen LogP contribution in [0.4, 0.5) is 0 Å². The van der Waals surface area contributed by atoms with Crippen LogP contribution in [-0.4, -0.2) is 44.4 Å². The average Bonchev–Trinajstić information content (AvgIpc) is 3.39. The number of nitrogens with one attached hydrogen (secondary N) is 2. The summed E-state index contributed by atoms with van der Waals surface area (Å²) < 4.78 is 7.28. The molecule has 0 bridgehead atoms. The fourth-order valence-corrected chi connectivity index (χ4v) is 2.81. The molecule has 4 aromatic rings. The van der Waals surface area contributed by atoms with E-state index in [-0.39, 0.29) is 5.91 Å². The Balaban J connectivity index is 1.54. The minimum absolute atomic E-state index is 0.339. The van der Waals surface area contributed by atoms with Gasteiger partial charge in [-0.1, -0.05) is 17.3 Å². The van der Waals surface area contributed by atoms with Crippen LogP contribution < -0.4 is 10.2 Å². The number of carbonyl (C=O) groups excluding carboxylic acids is 1. The third-order valence-electron chi connectivity index (χ3n) is 4.17. The monoisotopic (exact) mass is 375 g/mol. The number of carbonyl (C=O) groups is 1. The zero-order valence-corrected chi connectivity index (χ0v) is 15.0. The number of benzene rings is 2. The van der Waals surface area contributed by atoms with Crippen molar-refractivity contribution in [2.75, 3.05) is 7.11 Å². The molecule has 2 N–H and O–H groups in total. The third-order valence-corrected chi connectivity index (χ3v) is 4.17. The molecule has 2 aromatic heterocycles. The SMILES string of the molecule is COc1ccc(/C=N/NC(=O)c2ccn[nH]2)cc1Cn1nnc2ccccc21. The number of para-hydroxylation sites is 1. The van der Waals surface area contributed by atoms with Gasteiger partial charge < -0.3 is 4.74 Å². The van der Waals surface area contributed by atoms with Crippen LogP contribution in [0.2, 0.25) is 0 Å². The van der Waals surface area contributed by atoms with Gasteiger partial charge in [0.25, 0.3) is 5.91 Å². The lowest BCUT2D eigenvalue weighted by Crippen LogP contribution is -2.18. The minimum Gasteiger partial charge on any atom is -0.496 e. The van der Waals surface area contributed by atoms with E-state index in [4.69, 9.17) is 4.74 Å². The summed E-state index contributed by atoms with van der Waals surface area (Å²) in [4.78, 5) is 11.9. The maximum Gasteiger partial charge on any atom is 0.289 e. The highest BCUT2D eigenvalue weighted by Gasteiger charge is 2.09. The number of hydrogen-bond acceptors (Lipinski definition) is 6. The van der Waals surface area contributed by atoms with E-state index in [2.05, 4.69) is 31.0 Å². The van der Waals surface area contributed by atoms with Gasteiger partial charge in [0.2, 0.25) is 0 Å². The fourth-order valence-electron chi connectivity index (χ4n) is 2.81. The molecular formula is C19H17N7O2. The second-order valence-electron chi connectivity index (χ2n) is 5.98. The highest BCUT2D eigenvalue weighted by Crippen LogP contribution is 2.22. The van der Waals surface area contributed by atoms with Gasteiger partial charge in [0.15, 0.2) is 0 Å². The Bertz CT molecular complexity index is 1130. The van der Waals surface area contributed by atoms with E-state index in [1.54, 1.807) is 19.4 Å². The number of fused-ring (bicyclic) bond motifs is 1. The molecule has 0 unspecified atom stereocenters. The third kappa shape index (κ3) is 3.58. The number of aromatic amines is 1. The summed E-state index contributed by atoms with van der Waals surface area (Å²) in [7, 11) is 1.62. The number of hydrogen-bond donors (Lipinski definition) is 2. The molecule has 9 nitrogen and oxygen atoms in total. The predicted octanol–water partition coefficient (Wildman–Crippen LogP) is 1.98. The molecule has 9 heteroatoms. The van der Waals surface area contributed by atoms with E-state index >= 15 is 0 Å². The van der Waals surface area contributed by atoms with E-state index in [0.29, 0.717) is 12.2 Å². The first-order chi connectivity index (χ1) is 13.7. The van der Waals surface area contributed by atoms with Gasteiger partial charge >= 0.3 is 0 Å². The Morgan fingerprint density at radius 3 is 3.00 bits per heavy atom. The average molecular weight is 375 g/mol. The summed E-state index contributed by atoms with van der Waals surface area (Å²) in [5, 5.41) is 18.7. The van der Waals surface area contributed by atoms with Crippen LogP contribution in [0.3, 0.4) is 0 Å². The highest BCUT2D eigenvalue weighted by molar-refractivity contribution is 5.93. The number of aromatic nitrogens is 5. The van der Waals surface area contributed by atoms with Gasteiger partial charge in [0.05, 0.1) is 25.4 Å². The molecule has 2 heterocycles. The molecule has 2 aromatic carbocycles. The van der Waals surface area contributed by atoms with Gasteiger partial charge in [-0.25, -0.2) is 10.1 Å². The van der Waals surface area contributed by atoms with Gasteiger partial charge in [-0.05, 0) is 42.0 Å². The van der Waals surface area contributed by atoms with Crippen LogP contribution >= 0.6 is 0 Å². The molecule has 28 heavy (non-hydrogen) atoms. The number of rotatable bonds is 6. The predicted molar refractivity (Wildman–Crippen MR) is 103 cm³/mol. The maximum atomic E-state index is 11.9. The molecule has 0 saturated heterocycles. The van der Waals surface area contributed by atoms with Gasteiger partial charge in [0, 0.05) is 11.8 Å². The van der Waals surface area contributed by atoms with Crippen molar-refractivity contribution in [3.63, 3.8) is 0 Å². The van der Waals surface area contributed by atoms with Crippen LogP contribution in [0, 0.1) is 0 Å². The lowest BCUT2D eigenvalue weighted by atomic mass is 10.1. The van der Waals surface area contributed by atoms with Crippen molar-refractivity contribution >= 4 is 23.2 Å². The highest BCUT2D eigenvalue weighted by atomic mass is 16.5. The number of hydrazone groups is 1. The fraction of sp³-hybridized carbons (Fsp3) is 0.105. The molecule has 0 aliphatic carbocycles. The van der Waals surface area contributed by atoms with Crippen molar-refractivity contribution in [2.45, 2.75) is 6.54 Å². The van der Waals surface area contributed by atoms with E-state index in [0.717, 1.165) is 27.9 Å². The molecule has 0 aliphatic rings. The summed E-state index contributed by atoms with van der Waals surface area (Å²) in [5.41, 5.74) is 6.29. The Hall–Kier alpha value is -4.01. The molecule has 0 fully saturated rings. The Labute approximate surface area is 160 Å². The number of amides is 1. The molecule has 0 atom stereocenters. The van der Waals surface area contributed by atoms with Crippen LogP contribution in [-0.2, 0) is 6.54 Å². The van der Waals surface area contributed by atoms with Crippen molar-refractivity contribution in [1.29, 1.82) is 0 Å². The number of H-pyrrole nitrogens is 1. The largest absolute Gasteiger partial charge is 0.496 e. The Morgan fingerprint density at radius 2 is 2.18 bits per heavy atom. The molecule has 140 valence electrons. The van der Waals surface area contributed by atoms with E-state index in [1.807, 2.05) is 47.1 Å². The Morgan fingerprint density at radius 1 is 1.29 bits per heavy atom. The molecule has 0 saturated carbocycles. The van der Waals surface area contributed by atoms with E-state index in [1.165, 1.54) is 6.20 Å². The minimum atomic E-state index is -0.364. The molecule has 4 rings (SSSR count). The van der Waals surface area contributed by atoms with E-state index < -0.39 is 0 Å². The quantitative estimate of drug-likeness (QED) is 0.395. The number of methoxy groups -OCH3 is 1. The normalized spacial score (nSPS) is 11.2. The van der Waals surface area contributed by atoms with Crippen molar-refractivity contribution in [2.24, 2.45) is 5.10 Å². The second kappa shape index (κ2) is 7.70. The van der Waals surface area contributed by atoms with Crippen molar-refractivity contribution in [3.8, 4) is 5.75 Å². The molecule has 0 radical (unpaired) electrons. The molecule has 0 aliphatic heterocycles. The summed E-state index contributed by atoms with van der Waals surface area (Å²) in [6.07, 6.45) is 3.07. The van der Waals surface area contributed by atoms with Crippen LogP contribution in [0.5, 0.6) is 5.75 Å². The summed E-state index contributed by atoms with van der Waals surface area (Å²) in [5.74, 6) is 0.370. The van der Waals surface area contributed by atoms with Gasteiger partial charge in [-0.3, -0.25) is 9.89 Å². The lowest BCUT2D eigenvalue weighted by Gasteiger charge is -2.10. The first-order valence-corrected chi connectivity index (χ1v) is 8.52. The zero-order chi connectivity index (χ0) is 19.3. The van der Waals surface area contributed by atoms with Crippen LogP contribution in [0.15, 0.2) is 59.8 Å². The number of ether oxygens (including phenoxy) is 1. The van der Waals surface area contributed by atoms with Crippen LogP contribution in [0.25, 0.3) is 11.0 Å². The van der Waals surface area contributed by atoms with Crippen LogP contribution in [0.1, 0.15) is 21.6 Å². The maximum absolute atomic E-state index is 11.9. The smallest absolute Gasteiger partial charge is 0.289 e. The van der Waals surface area contributed by atoms with Gasteiger partial charge in [-0.15, -0.1) is 5.10 Å². The first kappa shape index (κ1) is 17.4. The molecular weight excluding hydrogens is 358 g/mol. The van der Waals surface area contributed by atoms with Crippen molar-refractivity contribution < 1.29 is 9.53 Å². The summed E-state index contributed by atoms with van der Waals surface area (Å²) >= 11 is 0. The summed E-state index contributed by atoms with van der Waals surface area (Å²) in [6, 6.07) is 15.0.